The van der Waals surface area contributed by atoms with Gasteiger partial charge in [0, 0.05) is 25.2 Å². The Kier molecular flexibility index (Phi) is 8.92. The largest absolute Gasteiger partial charge is 0.329 e. The van der Waals surface area contributed by atoms with Crippen LogP contribution in [0.25, 0.3) is 0 Å². The van der Waals surface area contributed by atoms with Crippen molar-refractivity contribution in [1.29, 1.82) is 0 Å². The van der Waals surface area contributed by atoms with Crippen LogP contribution in [0, 0.1) is 13.8 Å². The van der Waals surface area contributed by atoms with E-state index < -0.39 is 10.0 Å². The lowest BCUT2D eigenvalue weighted by Crippen LogP contribution is -2.29. The average Bonchev–Trinajstić information content (AvgIpc) is 2.59. The second kappa shape index (κ2) is 10.4. The molecular formula is C19H26ClN3O3S. The van der Waals surface area contributed by atoms with Crippen molar-refractivity contribution >= 4 is 34.0 Å². The summed E-state index contributed by atoms with van der Waals surface area (Å²) >= 11 is 0. The van der Waals surface area contributed by atoms with E-state index in [0.29, 0.717) is 18.5 Å². The summed E-state index contributed by atoms with van der Waals surface area (Å²) in [7, 11) is -3.63. The Hall–Kier alpha value is -1.93. The molecule has 0 saturated heterocycles. The van der Waals surface area contributed by atoms with Crippen LogP contribution in [-0.4, -0.2) is 27.4 Å². The van der Waals surface area contributed by atoms with Crippen molar-refractivity contribution < 1.29 is 13.2 Å². The van der Waals surface area contributed by atoms with Gasteiger partial charge in [-0.25, -0.2) is 13.1 Å². The predicted octanol–water partition coefficient (Wildman–Crippen LogP) is 2.53. The molecule has 0 bridgehead atoms. The van der Waals surface area contributed by atoms with Gasteiger partial charge in [-0.15, -0.1) is 12.4 Å². The number of rotatable bonds is 8. The summed E-state index contributed by atoms with van der Waals surface area (Å²) in [5.74, 6) is -0.158. The molecule has 148 valence electrons. The highest BCUT2D eigenvalue weighted by molar-refractivity contribution is 7.89. The number of carbonyl (C=O) groups excluding carboxylic acids is 1. The number of halogens is 1. The molecule has 0 saturated carbocycles. The fourth-order valence-electron chi connectivity index (χ4n) is 2.62. The van der Waals surface area contributed by atoms with Gasteiger partial charge < -0.3 is 11.1 Å². The summed E-state index contributed by atoms with van der Waals surface area (Å²) < 4.78 is 26.6. The molecule has 0 unspecified atom stereocenters. The van der Waals surface area contributed by atoms with E-state index in [4.69, 9.17) is 5.73 Å². The van der Waals surface area contributed by atoms with Crippen molar-refractivity contribution in [2.75, 3.05) is 18.4 Å². The van der Waals surface area contributed by atoms with Gasteiger partial charge in [-0.3, -0.25) is 4.79 Å². The topological polar surface area (TPSA) is 101 Å². The Labute approximate surface area is 167 Å². The molecule has 0 heterocycles. The number of anilines is 1. The molecule has 27 heavy (non-hydrogen) atoms. The van der Waals surface area contributed by atoms with Crippen LogP contribution in [0.2, 0.25) is 0 Å². The zero-order chi connectivity index (χ0) is 19.2. The number of sulfonamides is 1. The number of carbonyl (C=O) groups is 1. The van der Waals surface area contributed by atoms with E-state index in [-0.39, 0.29) is 36.3 Å². The summed E-state index contributed by atoms with van der Waals surface area (Å²) in [5.41, 5.74) is 9.26. The van der Waals surface area contributed by atoms with Gasteiger partial charge in [0.1, 0.15) is 0 Å². The number of aryl methyl sites for hydroxylation is 3. The summed E-state index contributed by atoms with van der Waals surface area (Å²) in [5, 5.41) is 2.76. The Balaban J connectivity index is 0.00000364. The molecule has 2 aromatic carbocycles. The monoisotopic (exact) mass is 411 g/mol. The van der Waals surface area contributed by atoms with Crippen molar-refractivity contribution in [3.8, 4) is 0 Å². The third-order valence-corrected chi connectivity index (χ3v) is 5.44. The van der Waals surface area contributed by atoms with Gasteiger partial charge >= 0.3 is 0 Å². The molecule has 4 N–H and O–H groups in total. The van der Waals surface area contributed by atoms with Crippen LogP contribution in [0.3, 0.4) is 0 Å². The van der Waals surface area contributed by atoms with Crippen LogP contribution in [-0.2, 0) is 21.2 Å². The SMILES string of the molecule is Cc1ccc(CCC(=O)Nc2cccc(S(=O)(=O)NCCN)c2)c(C)c1.Cl. The lowest BCUT2D eigenvalue weighted by Gasteiger charge is -2.10. The molecule has 0 fully saturated rings. The number of nitrogens with one attached hydrogen (secondary N) is 2. The van der Waals surface area contributed by atoms with Gasteiger partial charge in [-0.2, -0.15) is 0 Å². The zero-order valence-corrected chi connectivity index (χ0v) is 17.1. The Morgan fingerprint density at radius 1 is 1.11 bits per heavy atom. The fourth-order valence-corrected chi connectivity index (χ4v) is 3.71. The van der Waals surface area contributed by atoms with Crippen molar-refractivity contribution in [2.24, 2.45) is 5.73 Å². The second-order valence-electron chi connectivity index (χ2n) is 6.19. The maximum absolute atomic E-state index is 12.2. The highest BCUT2D eigenvalue weighted by Gasteiger charge is 2.14. The minimum absolute atomic E-state index is 0. The summed E-state index contributed by atoms with van der Waals surface area (Å²) in [4.78, 5) is 12.3. The minimum atomic E-state index is -3.63. The number of amides is 1. The van der Waals surface area contributed by atoms with Gasteiger partial charge in [0.2, 0.25) is 15.9 Å². The summed E-state index contributed by atoms with van der Waals surface area (Å²) in [6.07, 6.45) is 0.959. The van der Waals surface area contributed by atoms with E-state index in [1.165, 1.54) is 17.7 Å². The van der Waals surface area contributed by atoms with Crippen LogP contribution in [0.5, 0.6) is 0 Å². The van der Waals surface area contributed by atoms with Gasteiger partial charge in [0.05, 0.1) is 4.90 Å². The van der Waals surface area contributed by atoms with Gasteiger partial charge in [-0.05, 0) is 49.6 Å². The number of benzene rings is 2. The first-order valence-electron chi connectivity index (χ1n) is 8.47. The smallest absolute Gasteiger partial charge is 0.240 e. The standard InChI is InChI=1S/C19H25N3O3S.ClH/c1-14-6-7-16(15(2)12-14)8-9-19(23)22-17-4-3-5-18(13-17)26(24,25)21-11-10-20;/h3-7,12-13,21H,8-11,20H2,1-2H3,(H,22,23);1H. The minimum Gasteiger partial charge on any atom is -0.329 e. The van der Waals surface area contributed by atoms with E-state index in [0.717, 1.165) is 11.1 Å². The van der Waals surface area contributed by atoms with E-state index in [9.17, 15) is 13.2 Å². The highest BCUT2D eigenvalue weighted by Crippen LogP contribution is 2.17. The molecule has 0 aliphatic heterocycles. The maximum atomic E-state index is 12.2. The molecule has 0 atom stereocenters. The predicted molar refractivity (Wildman–Crippen MR) is 111 cm³/mol. The molecule has 0 aliphatic rings. The van der Waals surface area contributed by atoms with Crippen LogP contribution in [0.4, 0.5) is 5.69 Å². The third-order valence-electron chi connectivity index (χ3n) is 3.98. The fraction of sp³-hybridized carbons (Fsp3) is 0.316. The molecule has 0 radical (unpaired) electrons. The number of hydrogen-bond donors (Lipinski definition) is 3. The van der Waals surface area contributed by atoms with Crippen molar-refractivity contribution in [3.63, 3.8) is 0 Å². The van der Waals surface area contributed by atoms with Gasteiger partial charge in [0.25, 0.3) is 0 Å². The first-order valence-corrected chi connectivity index (χ1v) is 9.96. The van der Waals surface area contributed by atoms with Gasteiger partial charge in [0.15, 0.2) is 0 Å². The molecule has 8 heteroatoms. The highest BCUT2D eigenvalue weighted by atomic mass is 35.5. The third kappa shape index (κ3) is 6.95. The molecular weight excluding hydrogens is 386 g/mol. The Bertz CT molecular complexity index is 886. The van der Waals surface area contributed by atoms with Crippen LogP contribution in [0.1, 0.15) is 23.1 Å². The lowest BCUT2D eigenvalue weighted by molar-refractivity contribution is -0.116. The van der Waals surface area contributed by atoms with Crippen molar-refractivity contribution in [1.82, 2.24) is 4.72 Å². The first-order chi connectivity index (χ1) is 12.3. The summed E-state index contributed by atoms with van der Waals surface area (Å²) in [6, 6.07) is 12.3. The second-order valence-corrected chi connectivity index (χ2v) is 7.96. The zero-order valence-electron chi connectivity index (χ0n) is 15.5. The molecule has 2 aromatic rings. The van der Waals surface area contributed by atoms with Crippen molar-refractivity contribution in [2.45, 2.75) is 31.6 Å². The van der Waals surface area contributed by atoms with Crippen molar-refractivity contribution in [3.05, 3.63) is 59.2 Å². The average molecular weight is 412 g/mol. The van der Waals surface area contributed by atoms with Crippen LogP contribution in [0.15, 0.2) is 47.4 Å². The number of nitrogens with two attached hydrogens (primary N) is 1. The Morgan fingerprint density at radius 2 is 1.85 bits per heavy atom. The van der Waals surface area contributed by atoms with Crippen LogP contribution < -0.4 is 15.8 Å². The molecule has 6 nitrogen and oxygen atoms in total. The van der Waals surface area contributed by atoms with Crippen LogP contribution >= 0.6 is 12.4 Å². The molecule has 1 amide bonds. The summed E-state index contributed by atoms with van der Waals surface area (Å²) in [6.45, 7) is 4.44. The maximum Gasteiger partial charge on any atom is 0.240 e. The molecule has 2 rings (SSSR count). The normalized spacial score (nSPS) is 10.9. The quantitative estimate of drug-likeness (QED) is 0.621. The molecule has 0 spiro atoms. The number of hydrogen-bond acceptors (Lipinski definition) is 4. The van der Waals surface area contributed by atoms with E-state index in [1.807, 2.05) is 26.0 Å². The first kappa shape index (κ1) is 23.1. The Morgan fingerprint density at radius 3 is 2.52 bits per heavy atom. The molecule has 0 aromatic heterocycles. The van der Waals surface area contributed by atoms with E-state index in [2.05, 4.69) is 16.1 Å². The lowest BCUT2D eigenvalue weighted by atomic mass is 10.0. The van der Waals surface area contributed by atoms with Gasteiger partial charge in [-0.1, -0.05) is 29.8 Å². The van der Waals surface area contributed by atoms with E-state index in [1.54, 1.807) is 12.1 Å². The van der Waals surface area contributed by atoms with E-state index >= 15 is 0 Å². The molecule has 0 aliphatic carbocycles.